The molecule has 0 bridgehead atoms. The summed E-state index contributed by atoms with van der Waals surface area (Å²) in [5.41, 5.74) is 3.15. The fourth-order valence-corrected chi connectivity index (χ4v) is 2.05. The van der Waals surface area contributed by atoms with Crippen LogP contribution in [0, 0.1) is 0 Å². The van der Waals surface area contributed by atoms with E-state index in [1.54, 1.807) is 11.1 Å². The van der Waals surface area contributed by atoms with E-state index in [4.69, 9.17) is 0 Å². The molecular formula is C14H21N. The van der Waals surface area contributed by atoms with Crippen molar-refractivity contribution >= 4 is 0 Å². The minimum absolute atomic E-state index is 0.595. The summed E-state index contributed by atoms with van der Waals surface area (Å²) in [6, 6.07) is 9.53. The summed E-state index contributed by atoms with van der Waals surface area (Å²) in [6.45, 7) is 5.50. The van der Waals surface area contributed by atoms with Crippen LogP contribution < -0.4 is 5.32 Å². The molecule has 0 spiro atoms. The lowest BCUT2D eigenvalue weighted by atomic mass is 10.0. The number of hydrogen-bond donors (Lipinski definition) is 1. The van der Waals surface area contributed by atoms with Gasteiger partial charge < -0.3 is 5.32 Å². The van der Waals surface area contributed by atoms with E-state index in [1.165, 1.54) is 19.3 Å². The second-order valence-corrected chi connectivity index (χ2v) is 4.83. The summed E-state index contributed by atoms with van der Waals surface area (Å²) in [5, 5.41) is 3.48. The molecule has 0 aliphatic heterocycles. The van der Waals surface area contributed by atoms with Crippen molar-refractivity contribution in [1.29, 1.82) is 0 Å². The number of nitrogens with one attached hydrogen (secondary N) is 1. The Bertz CT molecular complexity index is 313. The molecule has 1 aromatic rings. The SMILES string of the molecule is CC(C)NCCc1ccccc1C1CC1. The van der Waals surface area contributed by atoms with Gasteiger partial charge in [-0.05, 0) is 42.9 Å². The first kappa shape index (κ1) is 10.7. The fourth-order valence-electron chi connectivity index (χ4n) is 2.05. The lowest BCUT2D eigenvalue weighted by Gasteiger charge is -2.11. The van der Waals surface area contributed by atoms with Gasteiger partial charge in [-0.15, -0.1) is 0 Å². The summed E-state index contributed by atoms with van der Waals surface area (Å²) in [6.07, 6.45) is 3.97. The third kappa shape index (κ3) is 3.07. The minimum atomic E-state index is 0.595. The number of hydrogen-bond acceptors (Lipinski definition) is 1. The molecule has 1 saturated carbocycles. The Labute approximate surface area is 92.9 Å². The average Bonchev–Trinajstić information content (AvgIpc) is 3.01. The minimum Gasteiger partial charge on any atom is -0.314 e. The van der Waals surface area contributed by atoms with Crippen molar-refractivity contribution in [3.05, 3.63) is 35.4 Å². The zero-order chi connectivity index (χ0) is 10.7. The first-order valence-corrected chi connectivity index (χ1v) is 6.08. The Morgan fingerprint density at radius 2 is 2.00 bits per heavy atom. The standard InChI is InChI=1S/C14H21N/c1-11(2)15-10-9-12-5-3-4-6-14(12)13-7-8-13/h3-6,11,13,15H,7-10H2,1-2H3. The maximum absolute atomic E-state index is 3.48. The van der Waals surface area contributed by atoms with Crippen LogP contribution in [0.25, 0.3) is 0 Å². The van der Waals surface area contributed by atoms with Crippen molar-refractivity contribution in [1.82, 2.24) is 5.32 Å². The third-order valence-electron chi connectivity index (χ3n) is 3.02. The van der Waals surface area contributed by atoms with Crippen LogP contribution in [0.4, 0.5) is 0 Å². The summed E-state index contributed by atoms with van der Waals surface area (Å²) < 4.78 is 0. The Balaban J connectivity index is 1.94. The van der Waals surface area contributed by atoms with E-state index in [2.05, 4.69) is 43.4 Å². The van der Waals surface area contributed by atoms with Crippen molar-refractivity contribution < 1.29 is 0 Å². The molecule has 0 unspecified atom stereocenters. The molecule has 0 amide bonds. The summed E-state index contributed by atoms with van der Waals surface area (Å²) in [4.78, 5) is 0. The maximum Gasteiger partial charge on any atom is 0.00105 e. The molecular weight excluding hydrogens is 182 g/mol. The first-order chi connectivity index (χ1) is 7.27. The number of rotatable bonds is 5. The fraction of sp³-hybridized carbons (Fsp3) is 0.571. The van der Waals surface area contributed by atoms with Crippen molar-refractivity contribution in [3.8, 4) is 0 Å². The molecule has 1 heteroatoms. The molecule has 1 N–H and O–H groups in total. The smallest absolute Gasteiger partial charge is 0.00105 e. The van der Waals surface area contributed by atoms with Crippen LogP contribution in [0.1, 0.15) is 43.7 Å². The van der Waals surface area contributed by atoms with Gasteiger partial charge in [0, 0.05) is 6.04 Å². The molecule has 1 nitrogen and oxygen atoms in total. The Hall–Kier alpha value is -0.820. The van der Waals surface area contributed by atoms with Crippen molar-refractivity contribution in [2.75, 3.05) is 6.54 Å². The van der Waals surface area contributed by atoms with Crippen LogP contribution in [0.3, 0.4) is 0 Å². The maximum atomic E-state index is 3.48. The van der Waals surface area contributed by atoms with E-state index in [9.17, 15) is 0 Å². The van der Waals surface area contributed by atoms with E-state index < -0.39 is 0 Å². The van der Waals surface area contributed by atoms with Gasteiger partial charge >= 0.3 is 0 Å². The highest BCUT2D eigenvalue weighted by atomic mass is 14.9. The predicted molar refractivity (Wildman–Crippen MR) is 65.3 cm³/mol. The first-order valence-electron chi connectivity index (χ1n) is 6.08. The summed E-state index contributed by atoms with van der Waals surface area (Å²) >= 11 is 0. The van der Waals surface area contributed by atoms with Gasteiger partial charge in [0.2, 0.25) is 0 Å². The molecule has 0 heterocycles. The van der Waals surface area contributed by atoms with Gasteiger partial charge in [-0.2, -0.15) is 0 Å². The van der Waals surface area contributed by atoms with Crippen LogP contribution in [0.2, 0.25) is 0 Å². The molecule has 15 heavy (non-hydrogen) atoms. The zero-order valence-corrected chi connectivity index (χ0v) is 9.79. The largest absolute Gasteiger partial charge is 0.314 e. The topological polar surface area (TPSA) is 12.0 Å². The second-order valence-electron chi connectivity index (χ2n) is 4.83. The molecule has 0 aromatic heterocycles. The highest BCUT2D eigenvalue weighted by Gasteiger charge is 2.25. The van der Waals surface area contributed by atoms with E-state index >= 15 is 0 Å². The van der Waals surface area contributed by atoms with Crippen LogP contribution in [-0.2, 0) is 6.42 Å². The molecule has 82 valence electrons. The van der Waals surface area contributed by atoms with Crippen molar-refractivity contribution in [3.63, 3.8) is 0 Å². The van der Waals surface area contributed by atoms with E-state index in [-0.39, 0.29) is 0 Å². The second kappa shape index (κ2) is 4.80. The van der Waals surface area contributed by atoms with Gasteiger partial charge in [-0.1, -0.05) is 38.1 Å². The normalized spacial score (nSPS) is 15.9. The van der Waals surface area contributed by atoms with Gasteiger partial charge in [-0.3, -0.25) is 0 Å². The highest BCUT2D eigenvalue weighted by Crippen LogP contribution is 2.41. The molecule has 1 fully saturated rings. The summed E-state index contributed by atoms with van der Waals surface area (Å²) in [7, 11) is 0. The van der Waals surface area contributed by atoms with Crippen molar-refractivity contribution in [2.24, 2.45) is 0 Å². The highest BCUT2D eigenvalue weighted by molar-refractivity contribution is 5.33. The van der Waals surface area contributed by atoms with Gasteiger partial charge in [0.15, 0.2) is 0 Å². The molecule has 1 aromatic carbocycles. The Morgan fingerprint density at radius 3 is 2.67 bits per heavy atom. The van der Waals surface area contributed by atoms with Gasteiger partial charge in [-0.25, -0.2) is 0 Å². The third-order valence-corrected chi connectivity index (χ3v) is 3.02. The van der Waals surface area contributed by atoms with E-state index in [1.807, 2.05) is 0 Å². The molecule has 0 atom stereocenters. The monoisotopic (exact) mass is 203 g/mol. The lowest BCUT2D eigenvalue weighted by Crippen LogP contribution is -2.25. The molecule has 0 radical (unpaired) electrons. The lowest BCUT2D eigenvalue weighted by molar-refractivity contribution is 0.589. The van der Waals surface area contributed by atoms with Gasteiger partial charge in [0.25, 0.3) is 0 Å². The van der Waals surface area contributed by atoms with Crippen LogP contribution in [0.5, 0.6) is 0 Å². The predicted octanol–water partition coefficient (Wildman–Crippen LogP) is 3.10. The van der Waals surface area contributed by atoms with Crippen LogP contribution in [0.15, 0.2) is 24.3 Å². The zero-order valence-electron chi connectivity index (χ0n) is 9.79. The van der Waals surface area contributed by atoms with Gasteiger partial charge in [0.05, 0.1) is 0 Å². The molecule has 0 saturated heterocycles. The molecule has 2 rings (SSSR count). The Morgan fingerprint density at radius 1 is 1.27 bits per heavy atom. The van der Waals surface area contributed by atoms with E-state index in [0.29, 0.717) is 6.04 Å². The molecule has 1 aliphatic carbocycles. The van der Waals surface area contributed by atoms with E-state index in [0.717, 1.165) is 12.5 Å². The Kier molecular flexibility index (Phi) is 3.42. The summed E-state index contributed by atoms with van der Waals surface area (Å²) in [5.74, 6) is 0.875. The quantitative estimate of drug-likeness (QED) is 0.775. The van der Waals surface area contributed by atoms with Gasteiger partial charge in [0.1, 0.15) is 0 Å². The van der Waals surface area contributed by atoms with Crippen LogP contribution in [-0.4, -0.2) is 12.6 Å². The number of benzene rings is 1. The van der Waals surface area contributed by atoms with Crippen molar-refractivity contribution in [2.45, 2.75) is 45.1 Å². The average molecular weight is 203 g/mol. The van der Waals surface area contributed by atoms with Crippen LogP contribution >= 0.6 is 0 Å². The molecule has 1 aliphatic rings.